The van der Waals surface area contributed by atoms with Crippen LogP contribution in [-0.2, 0) is 7.05 Å². The number of rotatable bonds is 8. The van der Waals surface area contributed by atoms with Gasteiger partial charge in [0.1, 0.15) is 6.33 Å². The van der Waals surface area contributed by atoms with Gasteiger partial charge in [-0.15, -0.1) is 0 Å². The lowest BCUT2D eigenvalue weighted by molar-refractivity contribution is 0.386. The van der Waals surface area contributed by atoms with Gasteiger partial charge < -0.3 is 15.0 Å². The molecule has 0 radical (unpaired) electrons. The number of hydrogen-bond acceptors (Lipinski definition) is 6. The molecule has 178 valence electrons. The second kappa shape index (κ2) is 9.64. The summed E-state index contributed by atoms with van der Waals surface area (Å²) in [6, 6.07) is 9.14. The van der Waals surface area contributed by atoms with Crippen molar-refractivity contribution >= 4 is 22.3 Å². The minimum absolute atomic E-state index is 0.179. The van der Waals surface area contributed by atoms with E-state index in [2.05, 4.69) is 29.2 Å². The van der Waals surface area contributed by atoms with Crippen molar-refractivity contribution in [2.75, 3.05) is 25.1 Å². The maximum absolute atomic E-state index is 15.4. The molecule has 0 spiro atoms. The first-order valence-electron chi connectivity index (χ1n) is 11.1. The summed E-state index contributed by atoms with van der Waals surface area (Å²) in [7, 11) is 3.24. The summed E-state index contributed by atoms with van der Waals surface area (Å²) in [6.07, 6.45) is 4.85. The van der Waals surface area contributed by atoms with Gasteiger partial charge in [0, 0.05) is 38.1 Å². The average molecular weight is 465 g/mol. The number of aryl methyl sites for hydroxylation is 2. The molecule has 9 heteroatoms. The Kier molecular flexibility index (Phi) is 6.65. The first-order chi connectivity index (χ1) is 16.3. The number of halogens is 1. The van der Waals surface area contributed by atoms with Gasteiger partial charge in [0.15, 0.2) is 11.6 Å². The normalized spacial score (nSPS) is 11.4. The van der Waals surface area contributed by atoms with E-state index in [1.54, 1.807) is 48.4 Å². The summed E-state index contributed by atoms with van der Waals surface area (Å²) >= 11 is 0. The van der Waals surface area contributed by atoms with E-state index >= 15 is 4.39 Å². The van der Waals surface area contributed by atoms with E-state index in [0.717, 1.165) is 5.56 Å². The Morgan fingerprint density at radius 3 is 2.71 bits per heavy atom. The molecule has 0 aliphatic heterocycles. The van der Waals surface area contributed by atoms with E-state index < -0.39 is 5.82 Å². The van der Waals surface area contributed by atoms with Crippen LogP contribution in [0.4, 0.5) is 15.8 Å². The van der Waals surface area contributed by atoms with Crippen molar-refractivity contribution in [3.63, 3.8) is 0 Å². The maximum Gasteiger partial charge on any atom is 0.265 e. The molecule has 0 saturated carbocycles. The number of methoxy groups -OCH3 is 1. The Hall–Kier alpha value is -3.72. The zero-order chi connectivity index (χ0) is 24.4. The van der Waals surface area contributed by atoms with Gasteiger partial charge in [-0.25, -0.2) is 9.37 Å². The second-order valence-electron chi connectivity index (χ2n) is 8.55. The summed E-state index contributed by atoms with van der Waals surface area (Å²) in [5.41, 5.74) is 2.92. The molecule has 2 heterocycles. The standard InChI is InChI=1S/C25H29FN6O2/c1-16(2)27-8-9-31(22-10-17(3)11-23(34-5)24(22)26)18-6-7-21-20(12-18)25(33)32(15-28-21)19-13-29-30(4)14-19/h6-7,10-16,27H,8-9H2,1-5H3. The van der Waals surface area contributed by atoms with Crippen molar-refractivity contribution in [3.05, 3.63) is 70.8 Å². The van der Waals surface area contributed by atoms with Gasteiger partial charge >= 0.3 is 0 Å². The number of aromatic nitrogens is 4. The zero-order valence-corrected chi connectivity index (χ0v) is 20.0. The van der Waals surface area contributed by atoms with Crippen LogP contribution in [0.1, 0.15) is 19.4 Å². The largest absolute Gasteiger partial charge is 0.494 e. The van der Waals surface area contributed by atoms with Crippen molar-refractivity contribution in [2.24, 2.45) is 7.05 Å². The molecule has 0 amide bonds. The predicted molar refractivity (Wildman–Crippen MR) is 132 cm³/mol. The Balaban J connectivity index is 1.84. The molecular weight excluding hydrogens is 435 g/mol. The molecule has 4 aromatic rings. The number of nitrogens with one attached hydrogen (secondary N) is 1. The van der Waals surface area contributed by atoms with Crippen LogP contribution in [0.25, 0.3) is 16.6 Å². The molecule has 8 nitrogen and oxygen atoms in total. The molecule has 0 unspecified atom stereocenters. The third kappa shape index (κ3) is 4.65. The van der Waals surface area contributed by atoms with Gasteiger partial charge in [0.25, 0.3) is 5.56 Å². The van der Waals surface area contributed by atoms with Gasteiger partial charge in [-0.3, -0.25) is 14.0 Å². The molecule has 4 rings (SSSR count). The molecule has 0 aliphatic carbocycles. The SMILES string of the molecule is COc1cc(C)cc(N(CCNC(C)C)c2ccc3ncn(-c4cnn(C)c4)c(=O)c3c2)c1F. The summed E-state index contributed by atoms with van der Waals surface area (Å²) in [5, 5.41) is 7.95. The van der Waals surface area contributed by atoms with E-state index in [4.69, 9.17) is 4.74 Å². The zero-order valence-electron chi connectivity index (χ0n) is 20.0. The Morgan fingerprint density at radius 2 is 2.03 bits per heavy atom. The average Bonchev–Trinajstić information content (AvgIpc) is 3.24. The highest BCUT2D eigenvalue weighted by Crippen LogP contribution is 2.34. The van der Waals surface area contributed by atoms with Gasteiger partial charge in [0.05, 0.1) is 35.6 Å². The van der Waals surface area contributed by atoms with Crippen molar-refractivity contribution in [1.29, 1.82) is 0 Å². The predicted octanol–water partition coefficient (Wildman–Crippen LogP) is 3.71. The topological polar surface area (TPSA) is 77.2 Å². The lowest BCUT2D eigenvalue weighted by Gasteiger charge is -2.27. The Bertz CT molecular complexity index is 1380. The van der Waals surface area contributed by atoms with Crippen LogP contribution in [0.2, 0.25) is 0 Å². The quantitative estimate of drug-likeness (QED) is 0.428. The van der Waals surface area contributed by atoms with Crippen LogP contribution >= 0.6 is 0 Å². The van der Waals surface area contributed by atoms with Gasteiger partial charge in [-0.1, -0.05) is 13.8 Å². The molecule has 34 heavy (non-hydrogen) atoms. The summed E-state index contributed by atoms with van der Waals surface area (Å²) in [4.78, 5) is 19.6. The molecule has 2 aromatic carbocycles. The minimum Gasteiger partial charge on any atom is -0.494 e. The molecule has 0 saturated heterocycles. The molecule has 0 aliphatic rings. The third-order valence-corrected chi connectivity index (χ3v) is 5.59. The Morgan fingerprint density at radius 1 is 1.24 bits per heavy atom. The first kappa shape index (κ1) is 23.4. The highest BCUT2D eigenvalue weighted by atomic mass is 19.1. The number of hydrogen-bond donors (Lipinski definition) is 1. The summed E-state index contributed by atoms with van der Waals surface area (Å²) in [6.45, 7) is 7.13. The van der Waals surface area contributed by atoms with Crippen LogP contribution in [0.5, 0.6) is 5.75 Å². The van der Waals surface area contributed by atoms with E-state index in [-0.39, 0.29) is 17.4 Å². The molecule has 1 N–H and O–H groups in total. The van der Waals surface area contributed by atoms with E-state index in [0.29, 0.717) is 41.1 Å². The lowest BCUT2D eigenvalue weighted by Crippen LogP contribution is -2.33. The number of anilines is 2. The van der Waals surface area contributed by atoms with Gasteiger partial charge in [-0.2, -0.15) is 5.10 Å². The van der Waals surface area contributed by atoms with Crippen molar-refractivity contribution in [1.82, 2.24) is 24.6 Å². The van der Waals surface area contributed by atoms with Crippen molar-refractivity contribution in [2.45, 2.75) is 26.8 Å². The fourth-order valence-corrected chi connectivity index (χ4v) is 3.91. The van der Waals surface area contributed by atoms with Crippen LogP contribution < -0.4 is 20.5 Å². The molecule has 0 bridgehead atoms. The molecule has 0 fully saturated rings. The number of fused-ring (bicyclic) bond motifs is 1. The minimum atomic E-state index is -0.447. The molecular formula is C25H29FN6O2. The number of ether oxygens (including phenoxy) is 1. The van der Waals surface area contributed by atoms with E-state index in [1.807, 2.05) is 17.9 Å². The monoisotopic (exact) mass is 464 g/mol. The smallest absolute Gasteiger partial charge is 0.265 e. The summed E-state index contributed by atoms with van der Waals surface area (Å²) in [5.74, 6) is -0.269. The third-order valence-electron chi connectivity index (χ3n) is 5.59. The van der Waals surface area contributed by atoms with Crippen molar-refractivity contribution in [3.8, 4) is 11.4 Å². The van der Waals surface area contributed by atoms with Crippen molar-refractivity contribution < 1.29 is 9.13 Å². The molecule has 0 atom stereocenters. The fourth-order valence-electron chi connectivity index (χ4n) is 3.91. The van der Waals surface area contributed by atoms with E-state index in [9.17, 15) is 4.79 Å². The highest BCUT2D eigenvalue weighted by Gasteiger charge is 2.19. The Labute approximate surface area is 197 Å². The molecule has 2 aromatic heterocycles. The first-order valence-corrected chi connectivity index (χ1v) is 11.1. The van der Waals surface area contributed by atoms with Gasteiger partial charge in [-0.05, 0) is 42.8 Å². The van der Waals surface area contributed by atoms with E-state index in [1.165, 1.54) is 18.0 Å². The fraction of sp³-hybridized carbons (Fsp3) is 0.320. The summed E-state index contributed by atoms with van der Waals surface area (Å²) < 4.78 is 23.7. The second-order valence-corrected chi connectivity index (χ2v) is 8.55. The van der Waals surface area contributed by atoms with Crippen LogP contribution in [0, 0.1) is 12.7 Å². The number of benzene rings is 2. The lowest BCUT2D eigenvalue weighted by atomic mass is 10.1. The van der Waals surface area contributed by atoms with Crippen LogP contribution in [0.3, 0.4) is 0 Å². The highest BCUT2D eigenvalue weighted by molar-refractivity contribution is 5.83. The van der Waals surface area contributed by atoms with Crippen LogP contribution in [-0.4, -0.2) is 45.6 Å². The number of nitrogens with zero attached hydrogens (tertiary/aromatic N) is 5. The van der Waals surface area contributed by atoms with Crippen LogP contribution in [0.15, 0.2) is 53.8 Å². The van der Waals surface area contributed by atoms with Gasteiger partial charge in [0.2, 0.25) is 0 Å². The maximum atomic E-state index is 15.4.